The number of benzene rings is 1. The Labute approximate surface area is 148 Å². The van der Waals surface area contributed by atoms with Gasteiger partial charge in [0.15, 0.2) is 0 Å². The molecular formula is C20H24N2O3. The summed E-state index contributed by atoms with van der Waals surface area (Å²) in [5.41, 5.74) is 2.78. The van der Waals surface area contributed by atoms with E-state index in [0.717, 1.165) is 37.3 Å². The summed E-state index contributed by atoms with van der Waals surface area (Å²) in [4.78, 5) is 14.6. The van der Waals surface area contributed by atoms with Gasteiger partial charge in [0.2, 0.25) is 0 Å². The van der Waals surface area contributed by atoms with Gasteiger partial charge in [-0.1, -0.05) is 24.3 Å². The van der Waals surface area contributed by atoms with Crippen LogP contribution in [0.5, 0.6) is 0 Å². The standard InChI is InChI=1S/C20H24N2O3/c1-24-13-16-8-9-19(25-16)18-7-4-10-22(18)20(23)21-12-15-11-14-5-2-3-6-17(14)15/h2-3,5-6,8-9,15,18H,4,7,10-13H2,1H3,(H,21,23)/t15-,18+/m0/s1. The van der Waals surface area contributed by atoms with E-state index in [1.54, 1.807) is 7.11 Å². The van der Waals surface area contributed by atoms with Gasteiger partial charge in [-0.3, -0.25) is 0 Å². The van der Waals surface area contributed by atoms with Crippen molar-refractivity contribution in [3.05, 3.63) is 59.0 Å². The Morgan fingerprint density at radius 1 is 1.32 bits per heavy atom. The Morgan fingerprint density at radius 3 is 3.04 bits per heavy atom. The average Bonchev–Trinajstić information content (AvgIpc) is 3.24. The van der Waals surface area contributed by atoms with Crippen LogP contribution in [0.15, 0.2) is 40.8 Å². The molecule has 132 valence electrons. The van der Waals surface area contributed by atoms with Gasteiger partial charge in [0.05, 0.1) is 6.04 Å². The van der Waals surface area contributed by atoms with Gasteiger partial charge in [0.1, 0.15) is 18.1 Å². The lowest BCUT2D eigenvalue weighted by molar-refractivity contribution is 0.156. The summed E-state index contributed by atoms with van der Waals surface area (Å²) < 4.78 is 11.0. The number of nitrogens with one attached hydrogen (secondary N) is 1. The Hall–Kier alpha value is -2.27. The lowest BCUT2D eigenvalue weighted by Crippen LogP contribution is -2.42. The fourth-order valence-corrected chi connectivity index (χ4v) is 3.96. The van der Waals surface area contributed by atoms with E-state index in [9.17, 15) is 4.79 Å². The lowest BCUT2D eigenvalue weighted by atomic mass is 9.78. The monoisotopic (exact) mass is 340 g/mol. The van der Waals surface area contributed by atoms with Crippen LogP contribution < -0.4 is 5.32 Å². The molecule has 1 saturated heterocycles. The number of carbonyl (C=O) groups is 1. The number of rotatable bonds is 5. The van der Waals surface area contributed by atoms with Crippen LogP contribution >= 0.6 is 0 Å². The molecule has 0 radical (unpaired) electrons. The first-order valence-corrected chi connectivity index (χ1v) is 8.96. The molecule has 0 bridgehead atoms. The highest BCUT2D eigenvalue weighted by atomic mass is 16.5. The van der Waals surface area contributed by atoms with Crippen molar-refractivity contribution < 1.29 is 13.9 Å². The zero-order valence-electron chi connectivity index (χ0n) is 14.5. The number of hydrogen-bond acceptors (Lipinski definition) is 3. The van der Waals surface area contributed by atoms with Crippen molar-refractivity contribution in [1.29, 1.82) is 0 Å². The highest BCUT2D eigenvalue weighted by molar-refractivity contribution is 5.75. The molecule has 0 spiro atoms. The first-order valence-electron chi connectivity index (χ1n) is 8.96. The Kier molecular flexibility index (Phi) is 4.49. The SMILES string of the molecule is COCc1ccc([C@H]2CCCN2C(=O)NC[C@@H]2Cc3ccccc32)o1. The summed E-state index contributed by atoms with van der Waals surface area (Å²) in [7, 11) is 1.65. The number of fused-ring (bicyclic) bond motifs is 1. The summed E-state index contributed by atoms with van der Waals surface area (Å²) in [5, 5.41) is 3.12. The Balaban J connectivity index is 1.36. The number of furan rings is 1. The van der Waals surface area contributed by atoms with Crippen molar-refractivity contribution in [1.82, 2.24) is 10.2 Å². The summed E-state index contributed by atoms with van der Waals surface area (Å²) in [6.07, 6.45) is 3.00. The van der Waals surface area contributed by atoms with Gasteiger partial charge in [0.25, 0.3) is 0 Å². The molecule has 2 aromatic rings. The number of hydrogen-bond donors (Lipinski definition) is 1. The highest BCUT2D eigenvalue weighted by Crippen LogP contribution is 2.35. The summed E-state index contributed by atoms with van der Waals surface area (Å²) >= 11 is 0. The quantitative estimate of drug-likeness (QED) is 0.904. The first-order chi connectivity index (χ1) is 12.3. The zero-order chi connectivity index (χ0) is 17.2. The van der Waals surface area contributed by atoms with Crippen LogP contribution in [0.4, 0.5) is 4.79 Å². The number of methoxy groups -OCH3 is 1. The molecule has 1 aromatic carbocycles. The van der Waals surface area contributed by atoms with Crippen molar-refractivity contribution in [3.8, 4) is 0 Å². The van der Waals surface area contributed by atoms with Crippen molar-refractivity contribution in [3.63, 3.8) is 0 Å². The van der Waals surface area contributed by atoms with E-state index in [1.807, 2.05) is 17.0 Å². The zero-order valence-corrected chi connectivity index (χ0v) is 14.5. The Morgan fingerprint density at radius 2 is 2.20 bits per heavy atom. The van der Waals surface area contributed by atoms with Gasteiger partial charge in [-0.05, 0) is 42.5 Å². The average molecular weight is 340 g/mol. The fourth-order valence-electron chi connectivity index (χ4n) is 3.96. The molecule has 0 saturated carbocycles. The molecule has 2 heterocycles. The molecule has 4 rings (SSSR count). The molecule has 5 nitrogen and oxygen atoms in total. The van der Waals surface area contributed by atoms with Crippen molar-refractivity contribution in [2.24, 2.45) is 0 Å². The predicted molar refractivity (Wildman–Crippen MR) is 94.4 cm³/mol. The molecule has 2 amide bonds. The van der Waals surface area contributed by atoms with E-state index in [-0.39, 0.29) is 12.1 Å². The maximum Gasteiger partial charge on any atom is 0.318 e. The molecule has 1 N–H and O–H groups in total. The lowest BCUT2D eigenvalue weighted by Gasteiger charge is -2.31. The molecular weight excluding hydrogens is 316 g/mol. The van der Waals surface area contributed by atoms with Crippen LogP contribution in [0, 0.1) is 0 Å². The van der Waals surface area contributed by atoms with E-state index < -0.39 is 0 Å². The molecule has 5 heteroatoms. The van der Waals surface area contributed by atoms with E-state index in [1.165, 1.54) is 11.1 Å². The van der Waals surface area contributed by atoms with E-state index >= 15 is 0 Å². The molecule has 0 unspecified atom stereocenters. The molecule has 25 heavy (non-hydrogen) atoms. The van der Waals surface area contributed by atoms with Gasteiger partial charge < -0.3 is 19.4 Å². The third-order valence-corrected chi connectivity index (χ3v) is 5.27. The number of ether oxygens (including phenoxy) is 1. The second-order valence-electron chi connectivity index (χ2n) is 6.87. The van der Waals surface area contributed by atoms with Crippen LogP contribution in [0.1, 0.15) is 47.4 Å². The van der Waals surface area contributed by atoms with Gasteiger partial charge >= 0.3 is 6.03 Å². The van der Waals surface area contributed by atoms with E-state index in [2.05, 4.69) is 29.6 Å². The first kappa shape index (κ1) is 16.2. The number of urea groups is 1. The normalized spacial score (nSPS) is 21.7. The molecule has 1 fully saturated rings. The number of carbonyl (C=O) groups excluding carboxylic acids is 1. The summed E-state index contributed by atoms with van der Waals surface area (Å²) in [6, 6.07) is 12.4. The maximum atomic E-state index is 12.7. The molecule has 1 aliphatic carbocycles. The second kappa shape index (κ2) is 6.92. The minimum atomic E-state index is 0.0107. The number of nitrogens with zero attached hydrogens (tertiary/aromatic N) is 1. The predicted octanol–water partition coefficient (Wildman–Crippen LogP) is 3.61. The largest absolute Gasteiger partial charge is 0.461 e. The van der Waals surface area contributed by atoms with Crippen LogP contribution in [0.25, 0.3) is 0 Å². The summed E-state index contributed by atoms with van der Waals surface area (Å²) in [5.74, 6) is 2.10. The highest BCUT2D eigenvalue weighted by Gasteiger charge is 2.33. The van der Waals surface area contributed by atoms with Crippen LogP contribution in [-0.2, 0) is 17.8 Å². The minimum Gasteiger partial charge on any atom is -0.461 e. The van der Waals surface area contributed by atoms with E-state index in [0.29, 0.717) is 19.1 Å². The van der Waals surface area contributed by atoms with Gasteiger partial charge in [-0.15, -0.1) is 0 Å². The molecule has 2 aliphatic rings. The van der Waals surface area contributed by atoms with Crippen LogP contribution in [-0.4, -0.2) is 31.1 Å². The van der Waals surface area contributed by atoms with Gasteiger partial charge in [-0.25, -0.2) is 4.79 Å². The maximum absolute atomic E-state index is 12.7. The van der Waals surface area contributed by atoms with Crippen molar-refractivity contribution >= 4 is 6.03 Å². The summed E-state index contributed by atoms with van der Waals surface area (Å²) in [6.45, 7) is 1.93. The van der Waals surface area contributed by atoms with Crippen molar-refractivity contribution in [2.75, 3.05) is 20.2 Å². The van der Waals surface area contributed by atoms with Crippen LogP contribution in [0.3, 0.4) is 0 Å². The smallest absolute Gasteiger partial charge is 0.318 e. The van der Waals surface area contributed by atoms with Gasteiger partial charge in [0, 0.05) is 26.1 Å². The molecule has 1 aliphatic heterocycles. The third kappa shape index (κ3) is 3.16. The number of likely N-dealkylation sites (tertiary alicyclic amines) is 1. The second-order valence-corrected chi connectivity index (χ2v) is 6.87. The number of amides is 2. The minimum absolute atomic E-state index is 0.0107. The van der Waals surface area contributed by atoms with Gasteiger partial charge in [-0.2, -0.15) is 0 Å². The Bertz CT molecular complexity index is 755. The van der Waals surface area contributed by atoms with E-state index in [4.69, 9.17) is 9.15 Å². The molecule has 1 aromatic heterocycles. The molecule has 2 atom stereocenters. The van der Waals surface area contributed by atoms with Crippen LogP contribution in [0.2, 0.25) is 0 Å². The topological polar surface area (TPSA) is 54.7 Å². The van der Waals surface area contributed by atoms with Crippen molar-refractivity contribution in [2.45, 2.75) is 37.8 Å². The third-order valence-electron chi connectivity index (χ3n) is 5.27. The fraction of sp³-hybridized carbons (Fsp3) is 0.450.